The van der Waals surface area contributed by atoms with Gasteiger partial charge in [-0.15, -0.1) is 11.8 Å². The lowest BCUT2D eigenvalue weighted by atomic mass is 10.1. The quantitative estimate of drug-likeness (QED) is 0.825. The van der Waals surface area contributed by atoms with Gasteiger partial charge >= 0.3 is 17.8 Å². The van der Waals surface area contributed by atoms with E-state index in [1.54, 1.807) is 4.90 Å². The number of hydrogen-bond acceptors (Lipinski definition) is 6. The van der Waals surface area contributed by atoms with Crippen LogP contribution in [0.5, 0.6) is 0 Å². The molecule has 2 aromatic rings. The second kappa shape index (κ2) is 8.22. The molecule has 1 aliphatic heterocycles. The minimum Gasteiger partial charge on any atom is -0.361 e. The van der Waals surface area contributed by atoms with Crippen LogP contribution in [0.2, 0.25) is 0 Å². The smallest absolute Gasteiger partial charge is 0.317 e. The zero-order valence-electron chi connectivity index (χ0n) is 14.5. The number of amides is 3. The molecule has 0 spiro atoms. The predicted molar refractivity (Wildman–Crippen MR) is 96.7 cm³/mol. The van der Waals surface area contributed by atoms with Crippen molar-refractivity contribution in [2.45, 2.75) is 36.5 Å². The van der Waals surface area contributed by atoms with Crippen LogP contribution >= 0.6 is 11.8 Å². The summed E-state index contributed by atoms with van der Waals surface area (Å²) in [5.74, 6) is -0.830. The van der Waals surface area contributed by atoms with E-state index in [2.05, 4.69) is 45.1 Å². The normalized spacial score (nSPS) is 15.0. The molecule has 3 N–H and O–H groups in total. The van der Waals surface area contributed by atoms with Crippen molar-refractivity contribution in [1.82, 2.24) is 20.4 Å². The summed E-state index contributed by atoms with van der Waals surface area (Å²) in [5.41, 5.74) is 6.33. The summed E-state index contributed by atoms with van der Waals surface area (Å²) in [6, 6.07) is 8.19. The van der Waals surface area contributed by atoms with E-state index in [0.717, 1.165) is 12.8 Å². The van der Waals surface area contributed by atoms with Gasteiger partial charge in [-0.3, -0.25) is 4.79 Å². The van der Waals surface area contributed by atoms with Crippen molar-refractivity contribution in [3.8, 4) is 0 Å². The number of thioether (sulfide) groups is 1. The summed E-state index contributed by atoms with van der Waals surface area (Å²) >= 11 is 1.89. The Bertz CT molecular complexity index is 786. The molecule has 138 valence electrons. The molecule has 0 aliphatic carbocycles. The Kier molecular flexibility index (Phi) is 5.77. The fraction of sp³-hybridized carbons (Fsp3) is 0.412. The maximum absolute atomic E-state index is 12.3. The number of piperidine rings is 1. The first-order chi connectivity index (χ1) is 12.5. The zero-order valence-corrected chi connectivity index (χ0v) is 15.3. The highest BCUT2D eigenvalue weighted by Crippen LogP contribution is 2.32. The van der Waals surface area contributed by atoms with Crippen LogP contribution < -0.4 is 11.1 Å². The number of urea groups is 1. The number of aromatic nitrogens is 2. The molecule has 0 bridgehead atoms. The summed E-state index contributed by atoms with van der Waals surface area (Å²) in [4.78, 5) is 30.1. The van der Waals surface area contributed by atoms with Crippen molar-refractivity contribution < 1.29 is 14.1 Å². The Balaban J connectivity index is 1.44. The molecular formula is C17H21N5O3S. The van der Waals surface area contributed by atoms with Crippen molar-refractivity contribution in [2.75, 3.05) is 13.1 Å². The standard InChI is InChI=1S/C17H21N5O3S/c1-11-4-2-3-5-13(11)26-12-6-8-22(9-7-12)17(24)19-10-14-20-16(15(18)23)25-21-14/h2-5,12H,6-10H2,1H3,(H2,18,23)(H,19,24). The summed E-state index contributed by atoms with van der Waals surface area (Å²) in [7, 11) is 0. The second-order valence-corrected chi connectivity index (χ2v) is 7.45. The molecule has 3 rings (SSSR count). The molecule has 0 unspecified atom stereocenters. The van der Waals surface area contributed by atoms with Gasteiger partial charge in [0, 0.05) is 23.2 Å². The lowest BCUT2D eigenvalue weighted by molar-refractivity contribution is 0.0958. The Morgan fingerprint density at radius 2 is 2.08 bits per heavy atom. The molecular weight excluding hydrogens is 354 g/mol. The van der Waals surface area contributed by atoms with E-state index in [1.165, 1.54) is 10.5 Å². The van der Waals surface area contributed by atoms with E-state index < -0.39 is 5.91 Å². The number of nitrogens with two attached hydrogens (primary N) is 1. The largest absolute Gasteiger partial charge is 0.361 e. The van der Waals surface area contributed by atoms with Crippen LogP contribution in [0.3, 0.4) is 0 Å². The average Bonchev–Trinajstić information content (AvgIpc) is 3.12. The van der Waals surface area contributed by atoms with Gasteiger partial charge < -0.3 is 20.5 Å². The molecule has 2 heterocycles. The second-order valence-electron chi connectivity index (χ2n) is 6.11. The summed E-state index contributed by atoms with van der Waals surface area (Å²) in [5, 5.41) is 6.85. The van der Waals surface area contributed by atoms with Crippen LogP contribution in [0, 0.1) is 6.92 Å². The van der Waals surface area contributed by atoms with Gasteiger partial charge in [0.2, 0.25) is 0 Å². The van der Waals surface area contributed by atoms with E-state index in [0.29, 0.717) is 18.3 Å². The number of nitrogens with one attached hydrogen (secondary N) is 1. The highest BCUT2D eigenvalue weighted by molar-refractivity contribution is 8.00. The third-order valence-corrected chi connectivity index (χ3v) is 5.71. The van der Waals surface area contributed by atoms with Gasteiger partial charge in [-0.1, -0.05) is 23.4 Å². The molecule has 0 saturated carbocycles. The fourth-order valence-corrected chi connectivity index (χ4v) is 3.95. The zero-order chi connectivity index (χ0) is 18.5. The van der Waals surface area contributed by atoms with Crippen LogP contribution in [0.15, 0.2) is 33.7 Å². The van der Waals surface area contributed by atoms with Crippen LogP contribution in [-0.4, -0.2) is 45.3 Å². The number of benzene rings is 1. The Morgan fingerprint density at radius 3 is 2.73 bits per heavy atom. The number of carbonyl (C=O) groups excluding carboxylic acids is 2. The van der Waals surface area contributed by atoms with Crippen molar-refractivity contribution >= 4 is 23.7 Å². The molecule has 26 heavy (non-hydrogen) atoms. The van der Waals surface area contributed by atoms with Crippen molar-refractivity contribution in [3.05, 3.63) is 41.5 Å². The topological polar surface area (TPSA) is 114 Å². The van der Waals surface area contributed by atoms with Gasteiger partial charge in [-0.05, 0) is 31.4 Å². The highest BCUT2D eigenvalue weighted by atomic mass is 32.2. The summed E-state index contributed by atoms with van der Waals surface area (Å²) in [6.45, 7) is 3.61. The summed E-state index contributed by atoms with van der Waals surface area (Å²) < 4.78 is 4.68. The molecule has 1 saturated heterocycles. The van der Waals surface area contributed by atoms with E-state index in [-0.39, 0.29) is 24.3 Å². The Morgan fingerprint density at radius 1 is 1.35 bits per heavy atom. The molecule has 1 aromatic heterocycles. The van der Waals surface area contributed by atoms with Crippen LogP contribution in [0.1, 0.15) is 34.9 Å². The van der Waals surface area contributed by atoms with Gasteiger partial charge in [-0.25, -0.2) is 4.79 Å². The molecule has 8 nitrogen and oxygen atoms in total. The Hall–Kier alpha value is -2.55. The van der Waals surface area contributed by atoms with Crippen molar-refractivity contribution in [2.24, 2.45) is 5.73 Å². The highest BCUT2D eigenvalue weighted by Gasteiger charge is 2.24. The SMILES string of the molecule is Cc1ccccc1SC1CCN(C(=O)NCc2noc(C(N)=O)n2)CC1. The van der Waals surface area contributed by atoms with Gasteiger partial charge in [0.15, 0.2) is 5.82 Å². The maximum atomic E-state index is 12.3. The number of likely N-dealkylation sites (tertiary alicyclic amines) is 1. The van der Waals surface area contributed by atoms with E-state index in [1.807, 2.05) is 17.8 Å². The lowest BCUT2D eigenvalue weighted by Gasteiger charge is -2.31. The third kappa shape index (κ3) is 4.54. The first-order valence-corrected chi connectivity index (χ1v) is 9.28. The van der Waals surface area contributed by atoms with Crippen LogP contribution in [0.4, 0.5) is 4.79 Å². The molecule has 0 atom stereocenters. The molecule has 9 heteroatoms. The summed E-state index contributed by atoms with van der Waals surface area (Å²) in [6.07, 6.45) is 1.89. The van der Waals surface area contributed by atoms with Gasteiger partial charge in [0.1, 0.15) is 0 Å². The first kappa shape index (κ1) is 18.2. The lowest BCUT2D eigenvalue weighted by Crippen LogP contribution is -2.44. The van der Waals surface area contributed by atoms with E-state index in [4.69, 9.17) is 5.73 Å². The molecule has 3 amide bonds. The number of nitrogens with zero attached hydrogens (tertiary/aromatic N) is 3. The average molecular weight is 375 g/mol. The number of primary amides is 1. The predicted octanol–water partition coefficient (Wildman–Crippen LogP) is 1.94. The molecule has 1 fully saturated rings. The Labute approximate surface area is 155 Å². The van der Waals surface area contributed by atoms with E-state index in [9.17, 15) is 9.59 Å². The van der Waals surface area contributed by atoms with Crippen molar-refractivity contribution in [3.63, 3.8) is 0 Å². The minimum atomic E-state index is -0.789. The number of hydrogen-bond donors (Lipinski definition) is 2. The number of rotatable bonds is 5. The monoisotopic (exact) mass is 375 g/mol. The fourth-order valence-electron chi connectivity index (χ4n) is 2.74. The minimum absolute atomic E-state index is 0.0908. The van der Waals surface area contributed by atoms with Crippen LogP contribution in [0.25, 0.3) is 0 Å². The van der Waals surface area contributed by atoms with E-state index >= 15 is 0 Å². The molecule has 1 aliphatic rings. The number of aryl methyl sites for hydroxylation is 1. The van der Waals surface area contributed by atoms with Crippen molar-refractivity contribution in [1.29, 1.82) is 0 Å². The maximum Gasteiger partial charge on any atom is 0.317 e. The van der Waals surface area contributed by atoms with Gasteiger partial charge in [0.05, 0.1) is 6.54 Å². The third-order valence-electron chi connectivity index (χ3n) is 4.19. The number of carbonyl (C=O) groups is 2. The van der Waals surface area contributed by atoms with Gasteiger partial charge in [0.25, 0.3) is 0 Å². The van der Waals surface area contributed by atoms with Gasteiger partial charge in [-0.2, -0.15) is 4.98 Å². The first-order valence-electron chi connectivity index (χ1n) is 8.40. The van der Waals surface area contributed by atoms with Crippen LogP contribution in [-0.2, 0) is 6.54 Å². The molecule has 1 aromatic carbocycles. The molecule has 0 radical (unpaired) electrons.